The maximum Gasteiger partial charge on any atom is 0.306 e. The summed E-state index contributed by atoms with van der Waals surface area (Å²) in [5.74, 6) is -0.812. The van der Waals surface area contributed by atoms with E-state index in [1.165, 1.54) is 70.6 Å². The maximum absolute atomic E-state index is 10.7. The van der Waals surface area contributed by atoms with Crippen molar-refractivity contribution in [1.82, 2.24) is 0 Å². The average Bonchev–Trinajstić information content (AvgIpc) is 3.24. The summed E-state index contributed by atoms with van der Waals surface area (Å²) in [5, 5.41) is 10.7. The first kappa shape index (κ1) is 19.9. The van der Waals surface area contributed by atoms with Gasteiger partial charge in [0.25, 0.3) is 0 Å². The van der Waals surface area contributed by atoms with Crippen LogP contribution in [0, 0.1) is 5.92 Å². The van der Waals surface area contributed by atoms with Crippen molar-refractivity contribution in [3.05, 3.63) is 0 Å². The lowest BCUT2D eigenvalue weighted by Gasteiger charge is -2.05. The van der Waals surface area contributed by atoms with Crippen LogP contribution in [0.4, 0.5) is 0 Å². The number of carboxylic acids is 1. The van der Waals surface area contributed by atoms with E-state index < -0.39 is 5.97 Å². The van der Waals surface area contributed by atoms with Crippen LogP contribution >= 0.6 is 11.8 Å². The second-order valence-electron chi connectivity index (χ2n) is 7.00. The Bertz CT molecular complexity index is 293. The number of rotatable bonds is 15. The molecule has 0 spiro atoms. The fourth-order valence-corrected chi connectivity index (χ4v) is 4.32. The van der Waals surface area contributed by atoms with E-state index >= 15 is 0 Å². The van der Waals surface area contributed by atoms with Gasteiger partial charge in [-0.2, -0.15) is 11.8 Å². The summed E-state index contributed by atoms with van der Waals surface area (Å²) in [5.41, 5.74) is 0. The quantitative estimate of drug-likeness (QED) is 0.284. The largest absolute Gasteiger partial charge is 0.481 e. The molecule has 3 unspecified atom stereocenters. The van der Waals surface area contributed by atoms with Gasteiger partial charge in [0.1, 0.15) is 0 Å². The lowest BCUT2D eigenvalue weighted by Crippen LogP contribution is -2.08. The zero-order valence-corrected chi connectivity index (χ0v) is 15.5. The average molecular weight is 329 g/mol. The topological polar surface area (TPSA) is 37.3 Å². The van der Waals surface area contributed by atoms with Crippen LogP contribution in [-0.4, -0.2) is 21.6 Å². The summed E-state index contributed by atoms with van der Waals surface area (Å²) >= 11 is 2.20. The van der Waals surface area contributed by atoms with Gasteiger partial charge in [-0.15, -0.1) is 0 Å². The minimum Gasteiger partial charge on any atom is -0.481 e. The first-order valence-corrected chi connectivity index (χ1v) is 10.5. The van der Waals surface area contributed by atoms with Crippen LogP contribution in [-0.2, 0) is 4.79 Å². The van der Waals surface area contributed by atoms with E-state index in [-0.39, 0.29) is 5.92 Å². The van der Waals surface area contributed by atoms with Gasteiger partial charge in [-0.25, -0.2) is 0 Å². The molecule has 0 amide bonds. The minimum absolute atomic E-state index is 0.166. The van der Waals surface area contributed by atoms with Crippen molar-refractivity contribution in [2.45, 2.75) is 108 Å². The lowest BCUT2D eigenvalue weighted by atomic mass is 10.0. The normalized spacial score (nSPS) is 21.7. The summed E-state index contributed by atoms with van der Waals surface area (Å²) < 4.78 is 0. The highest BCUT2D eigenvalue weighted by molar-refractivity contribution is 8.07. The van der Waals surface area contributed by atoms with Gasteiger partial charge >= 0.3 is 5.97 Å². The standard InChI is InChI=1S/C19H36O2S/c1-3-4-5-6-7-11-14-17-18(22-17)15-12-9-8-10-13-16(2)19(20)21/h16-18H,3-15H2,1-2H3,(H,20,21). The van der Waals surface area contributed by atoms with Gasteiger partial charge in [-0.3, -0.25) is 4.79 Å². The summed E-state index contributed by atoms with van der Waals surface area (Å²) in [7, 11) is 0. The van der Waals surface area contributed by atoms with Gasteiger partial charge in [-0.05, 0) is 19.3 Å². The minimum atomic E-state index is -0.646. The maximum atomic E-state index is 10.7. The Balaban J connectivity index is 1.81. The molecule has 3 heteroatoms. The second kappa shape index (κ2) is 12.3. The first-order chi connectivity index (χ1) is 10.6. The van der Waals surface area contributed by atoms with Crippen LogP contribution in [0.15, 0.2) is 0 Å². The van der Waals surface area contributed by atoms with Gasteiger partial charge in [0.05, 0.1) is 5.92 Å². The number of hydrogen-bond donors (Lipinski definition) is 1. The highest BCUT2D eigenvalue weighted by Gasteiger charge is 2.36. The van der Waals surface area contributed by atoms with Crippen molar-refractivity contribution >= 4 is 17.7 Å². The summed E-state index contributed by atoms with van der Waals surface area (Å²) in [6.07, 6.45) is 17.1. The molecule has 3 atom stereocenters. The van der Waals surface area contributed by atoms with Crippen molar-refractivity contribution in [1.29, 1.82) is 0 Å². The molecule has 0 saturated carbocycles. The van der Waals surface area contributed by atoms with Crippen LogP contribution in [0.2, 0.25) is 0 Å². The molecule has 0 aromatic carbocycles. The number of unbranched alkanes of at least 4 members (excludes halogenated alkanes) is 8. The van der Waals surface area contributed by atoms with Crippen LogP contribution in [0.3, 0.4) is 0 Å². The number of thioether (sulfide) groups is 1. The monoisotopic (exact) mass is 328 g/mol. The smallest absolute Gasteiger partial charge is 0.306 e. The molecule has 2 nitrogen and oxygen atoms in total. The molecule has 1 saturated heterocycles. The van der Waals surface area contributed by atoms with Crippen molar-refractivity contribution in [3.63, 3.8) is 0 Å². The number of aliphatic carboxylic acids is 1. The molecular weight excluding hydrogens is 292 g/mol. The van der Waals surface area contributed by atoms with E-state index in [2.05, 4.69) is 18.7 Å². The molecule has 1 N–H and O–H groups in total. The van der Waals surface area contributed by atoms with Gasteiger partial charge in [-0.1, -0.05) is 78.1 Å². The summed E-state index contributed by atoms with van der Waals surface area (Å²) in [6, 6.07) is 0. The fraction of sp³-hybridized carbons (Fsp3) is 0.947. The summed E-state index contributed by atoms with van der Waals surface area (Å²) in [6.45, 7) is 4.09. The molecule has 0 radical (unpaired) electrons. The Hall–Kier alpha value is -0.180. The molecule has 1 rings (SSSR count). The molecule has 0 aromatic rings. The molecule has 1 aliphatic rings. The lowest BCUT2D eigenvalue weighted by molar-refractivity contribution is -0.141. The predicted molar refractivity (Wildman–Crippen MR) is 97.7 cm³/mol. The number of hydrogen-bond acceptors (Lipinski definition) is 2. The molecule has 1 heterocycles. The number of carboxylic acid groups (broad SMARTS) is 1. The van der Waals surface area contributed by atoms with Crippen molar-refractivity contribution in [3.8, 4) is 0 Å². The highest BCUT2D eigenvalue weighted by atomic mass is 32.2. The van der Waals surface area contributed by atoms with E-state index in [0.29, 0.717) is 0 Å². The Labute approximate surface area is 141 Å². The van der Waals surface area contributed by atoms with Crippen LogP contribution in [0.1, 0.15) is 97.3 Å². The zero-order chi connectivity index (χ0) is 16.2. The molecule has 22 heavy (non-hydrogen) atoms. The number of carbonyl (C=O) groups is 1. The fourth-order valence-electron chi connectivity index (χ4n) is 3.09. The third-order valence-corrected chi connectivity index (χ3v) is 6.34. The molecular formula is C19H36O2S. The Morgan fingerprint density at radius 3 is 1.95 bits per heavy atom. The van der Waals surface area contributed by atoms with E-state index in [4.69, 9.17) is 5.11 Å². The highest BCUT2D eigenvalue weighted by Crippen LogP contribution is 2.47. The third kappa shape index (κ3) is 9.76. The van der Waals surface area contributed by atoms with Crippen molar-refractivity contribution in [2.75, 3.05) is 0 Å². The second-order valence-corrected chi connectivity index (χ2v) is 8.48. The molecule has 1 aliphatic heterocycles. The molecule has 130 valence electrons. The molecule has 0 aliphatic carbocycles. The molecule has 1 fully saturated rings. The van der Waals surface area contributed by atoms with E-state index in [1.807, 2.05) is 6.92 Å². The van der Waals surface area contributed by atoms with Crippen LogP contribution < -0.4 is 0 Å². The first-order valence-electron chi connectivity index (χ1n) is 9.53. The summed E-state index contributed by atoms with van der Waals surface area (Å²) in [4.78, 5) is 10.7. The van der Waals surface area contributed by atoms with Gasteiger partial charge in [0.2, 0.25) is 0 Å². The van der Waals surface area contributed by atoms with Gasteiger partial charge < -0.3 is 5.11 Å². The van der Waals surface area contributed by atoms with Crippen LogP contribution in [0.25, 0.3) is 0 Å². The SMILES string of the molecule is CCCCCCCCC1SC1CCCCCCC(C)C(=O)O. The van der Waals surface area contributed by atoms with Crippen molar-refractivity contribution < 1.29 is 9.90 Å². The predicted octanol–water partition coefficient (Wildman–Crippen LogP) is 6.28. The van der Waals surface area contributed by atoms with E-state index in [0.717, 1.165) is 23.3 Å². The van der Waals surface area contributed by atoms with Crippen LogP contribution in [0.5, 0.6) is 0 Å². The van der Waals surface area contributed by atoms with E-state index in [9.17, 15) is 4.79 Å². The molecule has 0 aromatic heterocycles. The third-order valence-electron chi connectivity index (χ3n) is 4.83. The Morgan fingerprint density at radius 2 is 1.41 bits per heavy atom. The van der Waals surface area contributed by atoms with Gasteiger partial charge in [0, 0.05) is 10.5 Å². The molecule has 0 bridgehead atoms. The van der Waals surface area contributed by atoms with E-state index in [1.54, 1.807) is 0 Å². The Morgan fingerprint density at radius 1 is 0.909 bits per heavy atom. The van der Waals surface area contributed by atoms with Gasteiger partial charge in [0.15, 0.2) is 0 Å². The Kier molecular flexibility index (Phi) is 11.1. The van der Waals surface area contributed by atoms with Crippen molar-refractivity contribution in [2.24, 2.45) is 5.92 Å². The zero-order valence-electron chi connectivity index (χ0n) is 14.7.